The number of carbonyl (C=O) groups excluding carboxylic acids is 1. The zero-order valence-corrected chi connectivity index (χ0v) is 9.02. The molecule has 0 unspecified atom stereocenters. The first-order valence-corrected chi connectivity index (χ1v) is 4.89. The number of halogens is 2. The summed E-state index contributed by atoms with van der Waals surface area (Å²) in [6.07, 6.45) is 3.86. The Balaban J connectivity index is 2.33. The van der Waals surface area contributed by atoms with E-state index in [-0.39, 0.29) is 11.4 Å². The number of nitrogens with zero attached hydrogens (tertiary/aromatic N) is 2. The topological polar surface area (TPSA) is 80.9 Å². The molecular weight excluding hydrogens is 242 g/mol. The van der Waals surface area contributed by atoms with Crippen LogP contribution < -0.4 is 11.1 Å². The van der Waals surface area contributed by atoms with Crippen LogP contribution in [0.2, 0.25) is 0 Å². The van der Waals surface area contributed by atoms with E-state index in [0.29, 0.717) is 0 Å². The number of aromatic nitrogens is 2. The van der Waals surface area contributed by atoms with Crippen molar-refractivity contribution in [2.24, 2.45) is 0 Å². The molecule has 0 fully saturated rings. The van der Waals surface area contributed by atoms with Crippen molar-refractivity contribution in [3.63, 3.8) is 0 Å². The van der Waals surface area contributed by atoms with Gasteiger partial charge in [-0.3, -0.25) is 4.79 Å². The predicted molar refractivity (Wildman–Crippen MR) is 60.8 cm³/mol. The molecule has 1 aromatic heterocycles. The maximum Gasteiger partial charge on any atom is 0.261 e. The van der Waals surface area contributed by atoms with E-state index in [9.17, 15) is 13.6 Å². The summed E-state index contributed by atoms with van der Waals surface area (Å²) in [4.78, 5) is 19.0. The lowest BCUT2D eigenvalue weighted by Crippen LogP contribution is -2.17. The highest BCUT2D eigenvalue weighted by atomic mass is 19.1. The molecule has 0 spiro atoms. The van der Waals surface area contributed by atoms with Crippen molar-refractivity contribution in [2.75, 3.05) is 11.1 Å². The number of nitrogens with two attached hydrogens (primary N) is 1. The second-order valence-electron chi connectivity index (χ2n) is 3.41. The monoisotopic (exact) mass is 250 g/mol. The van der Waals surface area contributed by atoms with Crippen LogP contribution in [0.1, 0.15) is 10.4 Å². The third-order valence-electron chi connectivity index (χ3n) is 2.17. The Bertz CT molecular complexity index is 589. The fourth-order valence-electron chi connectivity index (χ4n) is 1.33. The van der Waals surface area contributed by atoms with E-state index in [2.05, 4.69) is 15.3 Å². The van der Waals surface area contributed by atoms with Gasteiger partial charge in [0.2, 0.25) is 0 Å². The minimum absolute atomic E-state index is 0.226. The summed E-state index contributed by atoms with van der Waals surface area (Å²) in [5.74, 6) is -3.03. The van der Waals surface area contributed by atoms with E-state index >= 15 is 0 Å². The second kappa shape index (κ2) is 4.74. The summed E-state index contributed by atoms with van der Waals surface area (Å²) < 4.78 is 27.0. The molecule has 1 aromatic carbocycles. The summed E-state index contributed by atoms with van der Waals surface area (Å²) >= 11 is 0. The van der Waals surface area contributed by atoms with Crippen molar-refractivity contribution in [1.82, 2.24) is 9.97 Å². The Kier molecular flexibility index (Phi) is 3.13. The van der Waals surface area contributed by atoms with Crippen molar-refractivity contribution >= 4 is 17.3 Å². The molecule has 7 heteroatoms. The molecule has 18 heavy (non-hydrogen) atoms. The van der Waals surface area contributed by atoms with Gasteiger partial charge in [-0.2, -0.15) is 0 Å². The standard InChI is InChI=1S/C11H8F2N4O/c12-7-1-2-8(14)10(13)9(7)11(18)17-6-3-15-5-16-4-6/h1-5H,14H2,(H,17,18). The van der Waals surface area contributed by atoms with Crippen molar-refractivity contribution in [3.05, 3.63) is 48.1 Å². The molecule has 0 atom stereocenters. The summed E-state index contributed by atoms with van der Waals surface area (Å²) in [5.41, 5.74) is 4.46. The van der Waals surface area contributed by atoms with E-state index in [1.165, 1.54) is 18.7 Å². The summed E-state index contributed by atoms with van der Waals surface area (Å²) in [6.45, 7) is 0. The zero-order valence-electron chi connectivity index (χ0n) is 9.02. The first-order valence-electron chi connectivity index (χ1n) is 4.89. The maximum absolute atomic E-state index is 13.6. The summed E-state index contributed by atoms with van der Waals surface area (Å²) in [6, 6.07) is 1.97. The van der Waals surface area contributed by atoms with Crippen LogP contribution in [-0.4, -0.2) is 15.9 Å². The Morgan fingerprint density at radius 3 is 2.56 bits per heavy atom. The molecule has 0 aliphatic rings. The maximum atomic E-state index is 13.6. The SMILES string of the molecule is Nc1ccc(F)c(C(=O)Nc2cncnc2)c1F. The van der Waals surface area contributed by atoms with Crippen LogP contribution in [0.4, 0.5) is 20.2 Å². The molecule has 3 N–H and O–H groups in total. The summed E-state index contributed by atoms with van der Waals surface area (Å²) in [5, 5.41) is 2.27. The second-order valence-corrected chi connectivity index (χ2v) is 3.41. The van der Waals surface area contributed by atoms with Crippen LogP contribution >= 0.6 is 0 Å². The van der Waals surface area contributed by atoms with Crippen LogP contribution in [0.3, 0.4) is 0 Å². The number of amides is 1. The molecule has 0 saturated carbocycles. The average molecular weight is 250 g/mol. The molecule has 2 rings (SSSR count). The van der Waals surface area contributed by atoms with Crippen molar-refractivity contribution < 1.29 is 13.6 Å². The number of carbonyl (C=O) groups is 1. The quantitative estimate of drug-likeness (QED) is 0.793. The third-order valence-corrected chi connectivity index (χ3v) is 2.17. The molecule has 0 saturated heterocycles. The highest BCUT2D eigenvalue weighted by molar-refractivity contribution is 6.05. The van der Waals surface area contributed by atoms with Gasteiger partial charge in [-0.1, -0.05) is 0 Å². The number of anilines is 2. The van der Waals surface area contributed by atoms with E-state index in [0.717, 1.165) is 12.1 Å². The van der Waals surface area contributed by atoms with E-state index in [4.69, 9.17) is 5.73 Å². The third kappa shape index (κ3) is 2.24. The van der Waals surface area contributed by atoms with Gasteiger partial charge in [0, 0.05) is 0 Å². The van der Waals surface area contributed by atoms with Crippen LogP contribution in [-0.2, 0) is 0 Å². The molecule has 0 aliphatic carbocycles. The smallest absolute Gasteiger partial charge is 0.261 e. The fourth-order valence-corrected chi connectivity index (χ4v) is 1.33. The van der Waals surface area contributed by atoms with Crippen LogP contribution in [0.15, 0.2) is 30.9 Å². The molecular formula is C11H8F2N4O. The van der Waals surface area contributed by atoms with E-state index in [1.807, 2.05) is 0 Å². The lowest BCUT2D eigenvalue weighted by molar-refractivity contribution is 0.101. The van der Waals surface area contributed by atoms with Gasteiger partial charge in [0.05, 0.1) is 23.8 Å². The largest absolute Gasteiger partial charge is 0.396 e. The van der Waals surface area contributed by atoms with Gasteiger partial charge in [0.25, 0.3) is 5.91 Å². The average Bonchev–Trinajstić information content (AvgIpc) is 2.36. The van der Waals surface area contributed by atoms with Crippen LogP contribution in [0, 0.1) is 11.6 Å². The number of nitrogen functional groups attached to an aromatic ring is 1. The molecule has 0 radical (unpaired) electrons. The Morgan fingerprint density at radius 2 is 1.89 bits per heavy atom. The molecule has 0 aliphatic heterocycles. The van der Waals surface area contributed by atoms with Crippen LogP contribution in [0.5, 0.6) is 0 Å². The number of nitrogens with one attached hydrogen (secondary N) is 1. The molecule has 5 nitrogen and oxygen atoms in total. The van der Waals surface area contributed by atoms with E-state index < -0.39 is 23.1 Å². The number of benzene rings is 1. The number of hydrogen-bond acceptors (Lipinski definition) is 4. The van der Waals surface area contributed by atoms with Gasteiger partial charge in [0.1, 0.15) is 17.7 Å². The minimum atomic E-state index is -1.09. The Hall–Kier alpha value is -2.57. The lowest BCUT2D eigenvalue weighted by Gasteiger charge is -2.07. The van der Waals surface area contributed by atoms with E-state index in [1.54, 1.807) is 0 Å². The van der Waals surface area contributed by atoms with Gasteiger partial charge in [0.15, 0.2) is 5.82 Å². The highest BCUT2D eigenvalue weighted by Crippen LogP contribution is 2.19. The van der Waals surface area contributed by atoms with Crippen molar-refractivity contribution in [1.29, 1.82) is 0 Å². The van der Waals surface area contributed by atoms with Crippen LogP contribution in [0.25, 0.3) is 0 Å². The first-order chi connectivity index (χ1) is 8.59. The molecule has 2 aromatic rings. The van der Waals surface area contributed by atoms with Gasteiger partial charge in [-0.05, 0) is 12.1 Å². The normalized spacial score (nSPS) is 10.1. The van der Waals surface area contributed by atoms with Crippen molar-refractivity contribution in [2.45, 2.75) is 0 Å². The summed E-state index contributed by atoms with van der Waals surface area (Å²) in [7, 11) is 0. The highest BCUT2D eigenvalue weighted by Gasteiger charge is 2.19. The first kappa shape index (κ1) is 11.9. The van der Waals surface area contributed by atoms with Gasteiger partial charge in [-0.25, -0.2) is 18.7 Å². The predicted octanol–water partition coefficient (Wildman–Crippen LogP) is 1.59. The Morgan fingerprint density at radius 1 is 1.22 bits per heavy atom. The van der Waals surface area contributed by atoms with Crippen molar-refractivity contribution in [3.8, 4) is 0 Å². The molecule has 1 heterocycles. The van der Waals surface area contributed by atoms with Gasteiger partial charge < -0.3 is 11.1 Å². The lowest BCUT2D eigenvalue weighted by atomic mass is 10.1. The molecule has 1 amide bonds. The number of rotatable bonds is 2. The van der Waals surface area contributed by atoms with Gasteiger partial charge >= 0.3 is 0 Å². The molecule has 92 valence electrons. The fraction of sp³-hybridized carbons (Fsp3) is 0. The zero-order chi connectivity index (χ0) is 13.1. The number of hydrogen-bond donors (Lipinski definition) is 2. The Labute approximate surface area is 101 Å². The molecule has 0 bridgehead atoms. The van der Waals surface area contributed by atoms with Gasteiger partial charge in [-0.15, -0.1) is 0 Å². The minimum Gasteiger partial charge on any atom is -0.396 e.